The van der Waals surface area contributed by atoms with Crippen LogP contribution in [0.4, 0.5) is 5.69 Å². The first kappa shape index (κ1) is 22.4. The Kier molecular flexibility index (Phi) is 7.99. The van der Waals surface area contributed by atoms with E-state index >= 15 is 0 Å². The predicted octanol–water partition coefficient (Wildman–Crippen LogP) is 3.26. The molecule has 0 spiro atoms. The van der Waals surface area contributed by atoms with Crippen LogP contribution >= 0.6 is 27.5 Å². The van der Waals surface area contributed by atoms with E-state index in [2.05, 4.69) is 26.0 Å². The van der Waals surface area contributed by atoms with Gasteiger partial charge >= 0.3 is 5.97 Å². The minimum absolute atomic E-state index is 0.0355. The van der Waals surface area contributed by atoms with Gasteiger partial charge in [0.25, 0.3) is 5.91 Å². The van der Waals surface area contributed by atoms with E-state index in [4.69, 9.17) is 16.3 Å². The molecule has 2 aromatic rings. The van der Waals surface area contributed by atoms with Crippen molar-refractivity contribution in [3.63, 3.8) is 0 Å². The van der Waals surface area contributed by atoms with Gasteiger partial charge in [0.15, 0.2) is 6.61 Å². The molecule has 0 aromatic heterocycles. The molecule has 0 aliphatic carbocycles. The second-order valence-electron chi connectivity index (χ2n) is 5.79. The number of carbonyl (C=O) groups excluding carboxylic acids is 2. The van der Waals surface area contributed by atoms with E-state index in [0.717, 1.165) is 5.56 Å². The number of nitrogens with one attached hydrogen (secondary N) is 2. The summed E-state index contributed by atoms with van der Waals surface area (Å²) >= 11 is 9.06. The van der Waals surface area contributed by atoms with Crippen molar-refractivity contribution in [3.8, 4) is 0 Å². The van der Waals surface area contributed by atoms with Crippen molar-refractivity contribution >= 4 is 55.1 Å². The highest BCUT2D eigenvalue weighted by atomic mass is 79.9. The third kappa shape index (κ3) is 6.90. The standard InChI is InChI=1S/C18H18BrClN2O5S/c1-12-2-7-16(15(19)10-12)22-17(23)11-27-18(24)8-9-21-28(25,26)14-5-3-13(20)4-6-14/h2-7,10,21H,8-9,11H2,1H3,(H,22,23). The van der Waals surface area contributed by atoms with Crippen molar-refractivity contribution in [2.45, 2.75) is 18.2 Å². The molecule has 0 unspecified atom stereocenters. The minimum atomic E-state index is -3.75. The molecule has 0 radical (unpaired) electrons. The number of anilines is 1. The zero-order valence-corrected chi connectivity index (χ0v) is 18.0. The lowest BCUT2D eigenvalue weighted by atomic mass is 10.2. The van der Waals surface area contributed by atoms with Gasteiger partial charge in [-0.3, -0.25) is 9.59 Å². The Morgan fingerprint density at radius 1 is 1.14 bits per heavy atom. The van der Waals surface area contributed by atoms with Gasteiger partial charge in [0.05, 0.1) is 17.0 Å². The van der Waals surface area contributed by atoms with Crippen LogP contribution in [-0.4, -0.2) is 33.4 Å². The highest BCUT2D eigenvalue weighted by Gasteiger charge is 2.15. The van der Waals surface area contributed by atoms with Gasteiger partial charge in [-0.05, 0) is 64.8 Å². The van der Waals surface area contributed by atoms with Crippen molar-refractivity contribution in [1.82, 2.24) is 4.72 Å². The maximum absolute atomic E-state index is 12.1. The molecule has 150 valence electrons. The van der Waals surface area contributed by atoms with Crippen LogP contribution in [0.2, 0.25) is 5.02 Å². The molecule has 0 aliphatic heterocycles. The second kappa shape index (κ2) is 10.0. The molecule has 7 nitrogen and oxygen atoms in total. The molecule has 0 aliphatic rings. The number of carbonyl (C=O) groups is 2. The SMILES string of the molecule is Cc1ccc(NC(=O)COC(=O)CCNS(=O)(=O)c2ccc(Cl)cc2)c(Br)c1. The fraction of sp³-hybridized carbons (Fsp3) is 0.222. The van der Waals surface area contributed by atoms with E-state index in [1.807, 2.05) is 19.1 Å². The maximum Gasteiger partial charge on any atom is 0.307 e. The second-order valence-corrected chi connectivity index (χ2v) is 8.85. The normalized spacial score (nSPS) is 11.1. The Morgan fingerprint density at radius 3 is 2.46 bits per heavy atom. The van der Waals surface area contributed by atoms with E-state index in [1.165, 1.54) is 24.3 Å². The van der Waals surface area contributed by atoms with E-state index in [0.29, 0.717) is 15.2 Å². The monoisotopic (exact) mass is 488 g/mol. The lowest BCUT2D eigenvalue weighted by Gasteiger charge is -2.09. The van der Waals surface area contributed by atoms with Crippen LogP contribution < -0.4 is 10.0 Å². The Morgan fingerprint density at radius 2 is 1.82 bits per heavy atom. The highest BCUT2D eigenvalue weighted by Crippen LogP contribution is 2.23. The molecule has 0 saturated carbocycles. The summed E-state index contributed by atoms with van der Waals surface area (Å²) in [6, 6.07) is 11.0. The first-order chi connectivity index (χ1) is 13.2. The Balaban J connectivity index is 1.75. The highest BCUT2D eigenvalue weighted by molar-refractivity contribution is 9.10. The van der Waals surface area contributed by atoms with Crippen molar-refractivity contribution < 1.29 is 22.7 Å². The zero-order valence-electron chi connectivity index (χ0n) is 14.9. The summed E-state index contributed by atoms with van der Waals surface area (Å²) in [7, 11) is -3.75. The number of rotatable bonds is 8. The summed E-state index contributed by atoms with van der Waals surface area (Å²) in [6.45, 7) is 1.29. The number of esters is 1. The average molecular weight is 490 g/mol. The number of sulfonamides is 1. The van der Waals surface area contributed by atoms with Crippen LogP contribution in [0.3, 0.4) is 0 Å². The van der Waals surface area contributed by atoms with E-state index in [-0.39, 0.29) is 17.9 Å². The summed E-state index contributed by atoms with van der Waals surface area (Å²) in [6.07, 6.45) is -0.214. The van der Waals surface area contributed by atoms with Crippen LogP contribution in [0.15, 0.2) is 51.8 Å². The summed E-state index contributed by atoms with van der Waals surface area (Å²) in [5.74, 6) is -1.20. The van der Waals surface area contributed by atoms with Gasteiger partial charge in [0.1, 0.15) is 0 Å². The molecule has 2 aromatic carbocycles. The van der Waals surface area contributed by atoms with Gasteiger partial charge in [-0.15, -0.1) is 0 Å². The van der Waals surface area contributed by atoms with E-state index < -0.39 is 28.5 Å². The molecular formula is C18H18BrClN2O5S. The molecule has 0 bridgehead atoms. The molecule has 2 N–H and O–H groups in total. The Hall–Kier alpha value is -1.94. The van der Waals surface area contributed by atoms with Crippen molar-refractivity contribution in [2.75, 3.05) is 18.5 Å². The largest absolute Gasteiger partial charge is 0.456 e. The summed E-state index contributed by atoms with van der Waals surface area (Å²) < 4.78 is 32.0. The van der Waals surface area contributed by atoms with E-state index in [9.17, 15) is 18.0 Å². The molecule has 0 atom stereocenters. The Bertz CT molecular complexity index is 964. The predicted molar refractivity (Wildman–Crippen MR) is 110 cm³/mol. The maximum atomic E-state index is 12.1. The fourth-order valence-electron chi connectivity index (χ4n) is 2.11. The first-order valence-corrected chi connectivity index (χ1v) is 10.8. The number of aryl methyl sites for hydroxylation is 1. The average Bonchev–Trinajstić information content (AvgIpc) is 2.62. The number of ether oxygens (including phenoxy) is 1. The first-order valence-electron chi connectivity index (χ1n) is 8.14. The van der Waals surface area contributed by atoms with Gasteiger partial charge in [-0.25, -0.2) is 13.1 Å². The van der Waals surface area contributed by atoms with Gasteiger partial charge in [0, 0.05) is 16.0 Å². The summed E-state index contributed by atoms with van der Waals surface area (Å²) in [4.78, 5) is 23.6. The van der Waals surface area contributed by atoms with Crippen LogP contribution in [0, 0.1) is 6.92 Å². The molecule has 10 heteroatoms. The molecule has 0 fully saturated rings. The van der Waals surface area contributed by atoms with Crippen LogP contribution in [0.1, 0.15) is 12.0 Å². The molecular weight excluding hydrogens is 472 g/mol. The van der Waals surface area contributed by atoms with Crippen LogP contribution in [0.5, 0.6) is 0 Å². The number of halogens is 2. The van der Waals surface area contributed by atoms with Gasteiger partial charge in [0.2, 0.25) is 10.0 Å². The molecule has 0 heterocycles. The zero-order chi connectivity index (χ0) is 20.7. The molecule has 28 heavy (non-hydrogen) atoms. The van der Waals surface area contributed by atoms with Gasteiger partial charge in [-0.1, -0.05) is 17.7 Å². The van der Waals surface area contributed by atoms with Crippen LogP contribution in [-0.2, 0) is 24.3 Å². The smallest absolute Gasteiger partial charge is 0.307 e. The molecule has 2 rings (SSSR count). The van der Waals surface area contributed by atoms with Gasteiger partial charge < -0.3 is 10.1 Å². The quantitative estimate of drug-likeness (QED) is 0.554. The topological polar surface area (TPSA) is 102 Å². The lowest BCUT2D eigenvalue weighted by Crippen LogP contribution is -2.28. The number of hydrogen-bond acceptors (Lipinski definition) is 5. The minimum Gasteiger partial charge on any atom is -0.456 e. The number of amides is 1. The Labute approximate surface area is 176 Å². The van der Waals surface area contributed by atoms with E-state index in [1.54, 1.807) is 6.07 Å². The van der Waals surface area contributed by atoms with Crippen molar-refractivity contribution in [1.29, 1.82) is 0 Å². The third-order valence-electron chi connectivity index (χ3n) is 3.51. The van der Waals surface area contributed by atoms with Gasteiger partial charge in [-0.2, -0.15) is 0 Å². The summed E-state index contributed by atoms with van der Waals surface area (Å²) in [5, 5.41) is 3.03. The fourth-order valence-corrected chi connectivity index (χ4v) is 3.86. The van der Waals surface area contributed by atoms with Crippen molar-refractivity contribution in [2.24, 2.45) is 0 Å². The number of hydrogen-bond donors (Lipinski definition) is 2. The number of benzene rings is 2. The molecule has 0 saturated heterocycles. The third-order valence-corrected chi connectivity index (χ3v) is 5.89. The summed E-state index contributed by atoms with van der Waals surface area (Å²) in [5.41, 5.74) is 1.58. The molecule has 1 amide bonds. The van der Waals surface area contributed by atoms with Crippen molar-refractivity contribution in [3.05, 3.63) is 57.5 Å². The van der Waals surface area contributed by atoms with Crippen LogP contribution in [0.25, 0.3) is 0 Å². The lowest BCUT2D eigenvalue weighted by molar-refractivity contribution is -0.147.